The van der Waals surface area contributed by atoms with Gasteiger partial charge in [-0.05, 0) is 79.1 Å². The number of phenolic OH excluding ortho intramolecular Hbond substituents is 1. The van der Waals surface area contributed by atoms with Gasteiger partial charge in [-0.25, -0.2) is 0 Å². The molecule has 3 rings (SSSR count). The minimum atomic E-state index is -1.19. The van der Waals surface area contributed by atoms with Crippen molar-refractivity contribution in [2.75, 3.05) is 13.7 Å². The Labute approximate surface area is 310 Å². The van der Waals surface area contributed by atoms with E-state index in [0.717, 1.165) is 11.1 Å². The molecule has 0 heterocycles. The number of carbonyl (C=O) groups excluding carboxylic acids is 5. The molecule has 3 aromatic rings. The van der Waals surface area contributed by atoms with Crippen LogP contribution in [0, 0.1) is 5.92 Å². The van der Waals surface area contributed by atoms with Crippen molar-refractivity contribution in [3.05, 3.63) is 95.6 Å². The number of carbonyl (C=O) groups is 5. The fourth-order valence-corrected chi connectivity index (χ4v) is 5.62. The molecule has 0 unspecified atom stereocenters. The molecule has 14 nitrogen and oxygen atoms in total. The molecule has 3 aromatic carbocycles. The van der Waals surface area contributed by atoms with Gasteiger partial charge in [0.1, 0.15) is 35.7 Å². The van der Waals surface area contributed by atoms with Crippen LogP contribution in [0.1, 0.15) is 49.8 Å². The molecular weight excluding hydrogens is 678 g/mol. The number of ether oxygens (including phenoxy) is 1. The Morgan fingerprint density at radius 3 is 1.70 bits per heavy atom. The highest BCUT2D eigenvalue weighted by Gasteiger charge is 2.33. The standard InChI is InChI=1S/C39H53N7O7/c1-24(2)34(39(52)45-32(22-26-12-16-28(47)17-13-26)37(50)43-31(35(42)48)11-7-8-20-40)46-38(51)33(23-27-14-18-29(53-3)19-15-27)44-36(49)30(41)21-25-9-5-4-6-10-25/h4-6,9-10,12-19,24,30-34,47H,7-8,11,20-23,40-41H2,1-3H3,(H2,42,48)(H,43,50)(H,44,49)(H,45,52)(H,46,51)/t30-,31-,32-,33-,34-/m0/s1. The van der Waals surface area contributed by atoms with Crippen molar-refractivity contribution in [1.29, 1.82) is 0 Å². The summed E-state index contributed by atoms with van der Waals surface area (Å²) >= 11 is 0. The third-order valence-electron chi connectivity index (χ3n) is 8.73. The minimum Gasteiger partial charge on any atom is -0.508 e. The third-order valence-corrected chi connectivity index (χ3v) is 8.73. The first kappa shape index (κ1) is 41.9. The normalized spacial score (nSPS) is 13.8. The van der Waals surface area contributed by atoms with E-state index in [1.54, 1.807) is 50.2 Å². The number of primary amides is 1. The summed E-state index contributed by atoms with van der Waals surface area (Å²) in [6, 6.07) is 17.0. The Balaban J connectivity index is 1.84. The molecule has 0 bridgehead atoms. The highest BCUT2D eigenvalue weighted by atomic mass is 16.5. The Hall–Kier alpha value is -5.47. The van der Waals surface area contributed by atoms with Crippen LogP contribution in [0.5, 0.6) is 11.5 Å². The SMILES string of the molecule is COc1ccc(C[C@H](NC(=O)[C@@H](N)Cc2ccccc2)C(=O)N[C@H](C(=O)N[C@@H](Cc2ccc(O)cc2)C(=O)N[C@@H](CCCCN)C(N)=O)C(C)C)cc1. The van der Waals surface area contributed by atoms with E-state index in [1.165, 1.54) is 19.2 Å². The molecule has 0 aliphatic rings. The number of nitrogens with two attached hydrogens (primary N) is 3. The van der Waals surface area contributed by atoms with E-state index >= 15 is 0 Å². The van der Waals surface area contributed by atoms with E-state index < -0.39 is 65.7 Å². The summed E-state index contributed by atoms with van der Waals surface area (Å²) in [6.45, 7) is 3.87. The first-order chi connectivity index (χ1) is 25.3. The Bertz CT molecular complexity index is 1640. The quantitative estimate of drug-likeness (QED) is 0.0727. The highest BCUT2D eigenvalue weighted by molar-refractivity contribution is 5.96. The monoisotopic (exact) mass is 731 g/mol. The second-order valence-electron chi connectivity index (χ2n) is 13.3. The lowest BCUT2D eigenvalue weighted by atomic mass is 9.99. The molecule has 0 aliphatic carbocycles. The first-order valence-electron chi connectivity index (χ1n) is 17.7. The van der Waals surface area contributed by atoms with Crippen LogP contribution in [0.25, 0.3) is 0 Å². The van der Waals surface area contributed by atoms with Crippen molar-refractivity contribution < 1.29 is 33.8 Å². The molecule has 53 heavy (non-hydrogen) atoms. The van der Waals surface area contributed by atoms with Gasteiger partial charge in [-0.1, -0.05) is 68.4 Å². The lowest BCUT2D eigenvalue weighted by Crippen LogP contribution is -2.60. The summed E-state index contributed by atoms with van der Waals surface area (Å²) in [5, 5.41) is 20.7. The maximum atomic E-state index is 14.0. The third kappa shape index (κ3) is 13.9. The smallest absolute Gasteiger partial charge is 0.243 e. The fraction of sp³-hybridized carbons (Fsp3) is 0.410. The largest absolute Gasteiger partial charge is 0.508 e. The zero-order valence-corrected chi connectivity index (χ0v) is 30.5. The van der Waals surface area contributed by atoms with Gasteiger partial charge in [-0.2, -0.15) is 0 Å². The lowest BCUT2D eigenvalue weighted by Gasteiger charge is -2.28. The average molecular weight is 732 g/mol. The van der Waals surface area contributed by atoms with Gasteiger partial charge in [0.15, 0.2) is 0 Å². The lowest BCUT2D eigenvalue weighted by molar-refractivity contribution is -0.135. The summed E-state index contributed by atoms with van der Waals surface area (Å²) < 4.78 is 5.25. The van der Waals surface area contributed by atoms with Crippen LogP contribution in [-0.4, -0.2) is 78.5 Å². The number of methoxy groups -OCH3 is 1. The van der Waals surface area contributed by atoms with Crippen molar-refractivity contribution in [2.24, 2.45) is 23.1 Å². The number of unbranched alkanes of at least 4 members (excludes halogenated alkanes) is 1. The predicted octanol–water partition coefficient (Wildman–Crippen LogP) is 0.966. The summed E-state index contributed by atoms with van der Waals surface area (Å²) in [5.41, 5.74) is 19.6. The minimum absolute atomic E-state index is 0.000349. The molecule has 5 amide bonds. The number of hydrogen-bond donors (Lipinski definition) is 8. The number of aromatic hydroxyl groups is 1. The molecule has 0 saturated heterocycles. The Morgan fingerprint density at radius 1 is 0.660 bits per heavy atom. The van der Waals surface area contributed by atoms with E-state index in [9.17, 15) is 29.1 Å². The Kier molecular flexibility index (Phi) is 16.7. The van der Waals surface area contributed by atoms with E-state index in [2.05, 4.69) is 21.3 Å². The van der Waals surface area contributed by atoms with Crippen LogP contribution in [0.4, 0.5) is 0 Å². The predicted molar refractivity (Wildman–Crippen MR) is 201 cm³/mol. The van der Waals surface area contributed by atoms with Gasteiger partial charge in [0, 0.05) is 12.8 Å². The van der Waals surface area contributed by atoms with Crippen LogP contribution in [0.15, 0.2) is 78.9 Å². The second-order valence-corrected chi connectivity index (χ2v) is 13.3. The zero-order chi connectivity index (χ0) is 38.9. The van der Waals surface area contributed by atoms with Crippen LogP contribution < -0.4 is 43.2 Å². The summed E-state index contributed by atoms with van der Waals surface area (Å²) in [6.07, 6.45) is 1.76. The maximum Gasteiger partial charge on any atom is 0.243 e. The second kappa shape index (κ2) is 21.2. The molecule has 0 fully saturated rings. The average Bonchev–Trinajstić information content (AvgIpc) is 3.14. The first-order valence-corrected chi connectivity index (χ1v) is 17.7. The summed E-state index contributed by atoms with van der Waals surface area (Å²) in [5.74, 6) is -3.06. The summed E-state index contributed by atoms with van der Waals surface area (Å²) in [4.78, 5) is 67.0. The maximum absolute atomic E-state index is 14.0. The van der Waals surface area contributed by atoms with Crippen molar-refractivity contribution in [2.45, 2.75) is 82.6 Å². The number of amides is 5. The number of hydrogen-bond acceptors (Lipinski definition) is 9. The molecule has 0 aliphatic heterocycles. The summed E-state index contributed by atoms with van der Waals surface area (Å²) in [7, 11) is 1.54. The van der Waals surface area contributed by atoms with E-state index in [0.29, 0.717) is 30.7 Å². The van der Waals surface area contributed by atoms with Crippen molar-refractivity contribution in [3.63, 3.8) is 0 Å². The van der Waals surface area contributed by atoms with Gasteiger partial charge >= 0.3 is 0 Å². The van der Waals surface area contributed by atoms with Gasteiger partial charge in [-0.15, -0.1) is 0 Å². The van der Waals surface area contributed by atoms with Gasteiger partial charge in [0.05, 0.1) is 13.2 Å². The van der Waals surface area contributed by atoms with Gasteiger partial charge in [0.2, 0.25) is 29.5 Å². The molecule has 11 N–H and O–H groups in total. The number of rotatable bonds is 21. The molecule has 0 aromatic heterocycles. The molecule has 14 heteroatoms. The van der Waals surface area contributed by atoms with Gasteiger partial charge in [0.25, 0.3) is 0 Å². The molecule has 0 saturated carbocycles. The van der Waals surface area contributed by atoms with E-state index in [1.807, 2.05) is 30.3 Å². The van der Waals surface area contributed by atoms with Crippen molar-refractivity contribution in [3.8, 4) is 11.5 Å². The van der Waals surface area contributed by atoms with Crippen molar-refractivity contribution >= 4 is 29.5 Å². The van der Waals surface area contributed by atoms with Gasteiger partial charge < -0.3 is 48.3 Å². The van der Waals surface area contributed by atoms with Crippen molar-refractivity contribution in [1.82, 2.24) is 21.3 Å². The van der Waals surface area contributed by atoms with Gasteiger partial charge in [-0.3, -0.25) is 24.0 Å². The van der Waals surface area contributed by atoms with Crippen LogP contribution >= 0.6 is 0 Å². The molecule has 5 atom stereocenters. The van der Waals surface area contributed by atoms with Crippen LogP contribution in [0.2, 0.25) is 0 Å². The fourth-order valence-electron chi connectivity index (χ4n) is 5.62. The van der Waals surface area contributed by atoms with E-state index in [-0.39, 0.29) is 31.4 Å². The highest BCUT2D eigenvalue weighted by Crippen LogP contribution is 2.15. The van der Waals surface area contributed by atoms with Crippen LogP contribution in [0.3, 0.4) is 0 Å². The zero-order valence-electron chi connectivity index (χ0n) is 30.5. The molecule has 286 valence electrons. The molecule has 0 radical (unpaired) electrons. The van der Waals surface area contributed by atoms with Crippen LogP contribution in [-0.2, 0) is 43.2 Å². The Morgan fingerprint density at radius 2 is 1.17 bits per heavy atom. The molecule has 0 spiro atoms. The van der Waals surface area contributed by atoms with E-state index in [4.69, 9.17) is 21.9 Å². The topological polar surface area (TPSA) is 241 Å². The molecular formula is C39H53N7O7. The number of nitrogens with one attached hydrogen (secondary N) is 4. The number of phenols is 1. The number of benzene rings is 3.